The molecule has 2 amide bonds. The molecule has 0 saturated carbocycles. The molecule has 0 unspecified atom stereocenters. The van der Waals surface area contributed by atoms with Gasteiger partial charge in [-0.3, -0.25) is 0 Å². The van der Waals surface area contributed by atoms with Crippen LogP contribution < -0.4 is 32.7 Å². The first kappa shape index (κ1) is 13.1. The van der Waals surface area contributed by atoms with E-state index in [1.54, 1.807) is 0 Å². The minimum atomic E-state index is -0.833. The molecule has 2 rings (SSSR count). The summed E-state index contributed by atoms with van der Waals surface area (Å²) in [5, 5.41) is 12.4. The van der Waals surface area contributed by atoms with Crippen LogP contribution in [0.4, 0.5) is 4.79 Å². The van der Waals surface area contributed by atoms with Crippen molar-refractivity contribution < 1.29 is 4.79 Å². The normalized spacial score (nSPS) is 18.9. The van der Waals surface area contributed by atoms with Gasteiger partial charge in [-0.05, 0) is 0 Å². The smallest absolute Gasteiger partial charge is 0.309 e. The lowest BCUT2D eigenvalue weighted by molar-refractivity contribution is 0.256. The van der Waals surface area contributed by atoms with Gasteiger partial charge in [0.2, 0.25) is 0 Å². The first-order valence-corrected chi connectivity index (χ1v) is 4.61. The molecule has 2 aliphatic rings. The molecular weight excluding hydrogens is 184 g/mol. The fourth-order valence-corrected chi connectivity index (χ4v) is 0.884. The molecule has 0 aromatic rings. The van der Waals surface area contributed by atoms with Gasteiger partial charge in [0, 0.05) is 39.5 Å². The Morgan fingerprint density at radius 2 is 1.00 bits per heavy atom. The number of hydrogen-bond acceptors (Lipinski definition) is 5. The maximum Gasteiger partial charge on any atom is 0.309 e. The monoisotopic (exact) mass is 204 g/mol. The highest BCUT2D eigenvalue weighted by molar-refractivity contribution is 5.69. The third kappa shape index (κ3) is 13.7. The number of nitrogens with one attached hydrogen (secondary N) is 4. The van der Waals surface area contributed by atoms with Gasteiger partial charge in [0.1, 0.15) is 0 Å². The van der Waals surface area contributed by atoms with Gasteiger partial charge in [0.15, 0.2) is 0 Å². The number of carbonyl (C=O) groups is 1. The van der Waals surface area contributed by atoms with Crippen molar-refractivity contribution in [2.45, 2.75) is 0 Å². The van der Waals surface area contributed by atoms with E-state index in [0.717, 1.165) is 39.5 Å². The van der Waals surface area contributed by atoms with Crippen LogP contribution in [0.3, 0.4) is 0 Å². The lowest BCUT2D eigenvalue weighted by Crippen LogP contribution is -2.18. The lowest BCUT2D eigenvalue weighted by atomic mass is 10.7. The Morgan fingerprint density at radius 1 is 0.786 bits per heavy atom. The molecule has 2 fully saturated rings. The van der Waals surface area contributed by atoms with Crippen molar-refractivity contribution in [3.63, 3.8) is 0 Å². The Morgan fingerprint density at radius 3 is 1.07 bits per heavy atom. The summed E-state index contributed by atoms with van der Waals surface area (Å²) in [6.45, 7) is 6.56. The van der Waals surface area contributed by atoms with Crippen LogP contribution in [0.5, 0.6) is 0 Å². The van der Waals surface area contributed by atoms with Gasteiger partial charge < -0.3 is 32.7 Å². The highest BCUT2D eigenvalue weighted by atomic mass is 16.2. The molecule has 2 saturated heterocycles. The van der Waals surface area contributed by atoms with Gasteiger partial charge in [-0.1, -0.05) is 0 Å². The topological polar surface area (TPSA) is 117 Å². The average Bonchev–Trinajstić information content (AvgIpc) is 2.83. The van der Waals surface area contributed by atoms with E-state index in [9.17, 15) is 0 Å². The van der Waals surface area contributed by atoms with Crippen LogP contribution in [0.25, 0.3) is 0 Å². The van der Waals surface area contributed by atoms with Crippen molar-refractivity contribution in [1.82, 2.24) is 21.3 Å². The predicted octanol–water partition coefficient (Wildman–Crippen LogP) is -2.70. The molecule has 0 atom stereocenters. The summed E-state index contributed by atoms with van der Waals surface area (Å²) >= 11 is 0. The highest BCUT2D eigenvalue weighted by Gasteiger charge is 1.91. The van der Waals surface area contributed by atoms with E-state index in [-0.39, 0.29) is 0 Å². The number of carbonyl (C=O) groups excluding carboxylic acids is 1. The fourth-order valence-electron chi connectivity index (χ4n) is 0.884. The average molecular weight is 204 g/mol. The number of primary amides is 2. The molecular formula is C7H20N6O. The van der Waals surface area contributed by atoms with Gasteiger partial charge in [-0.15, -0.1) is 0 Å². The van der Waals surface area contributed by atoms with Crippen LogP contribution in [-0.2, 0) is 0 Å². The number of nitrogens with two attached hydrogens (primary N) is 2. The number of amides is 2. The summed E-state index contributed by atoms with van der Waals surface area (Å²) in [6.07, 6.45) is 0. The number of urea groups is 1. The van der Waals surface area contributed by atoms with Gasteiger partial charge in [0.25, 0.3) is 0 Å². The van der Waals surface area contributed by atoms with Crippen molar-refractivity contribution in [3.8, 4) is 0 Å². The van der Waals surface area contributed by atoms with Crippen molar-refractivity contribution >= 4 is 6.03 Å². The van der Waals surface area contributed by atoms with Crippen LogP contribution >= 0.6 is 0 Å². The quantitative estimate of drug-likeness (QED) is 0.257. The molecule has 0 aliphatic carbocycles. The maximum atomic E-state index is 9.00. The number of hydrogen-bond donors (Lipinski definition) is 6. The van der Waals surface area contributed by atoms with E-state index in [4.69, 9.17) is 4.79 Å². The summed E-state index contributed by atoms with van der Waals surface area (Å²) in [6, 6.07) is -0.833. The summed E-state index contributed by atoms with van der Waals surface area (Å²) in [4.78, 5) is 9.00. The van der Waals surface area contributed by atoms with Crippen LogP contribution in [0.2, 0.25) is 0 Å². The molecule has 14 heavy (non-hydrogen) atoms. The third-order valence-corrected chi connectivity index (χ3v) is 1.46. The summed E-state index contributed by atoms with van der Waals surface area (Å²) < 4.78 is 0. The predicted molar refractivity (Wildman–Crippen MR) is 55.5 cm³/mol. The molecule has 0 spiro atoms. The molecule has 0 aromatic heterocycles. The van der Waals surface area contributed by atoms with E-state index in [1.807, 2.05) is 0 Å². The van der Waals surface area contributed by atoms with Gasteiger partial charge >= 0.3 is 6.03 Å². The largest absolute Gasteiger partial charge is 0.352 e. The summed E-state index contributed by atoms with van der Waals surface area (Å²) in [7, 11) is 0. The number of rotatable bonds is 0. The Labute approximate surface area is 84.0 Å². The first-order chi connectivity index (χ1) is 6.73. The Kier molecular flexibility index (Phi) is 9.54. The minimum absolute atomic E-state index is 0.833. The molecule has 2 heterocycles. The van der Waals surface area contributed by atoms with E-state index < -0.39 is 6.03 Å². The Hall–Kier alpha value is -0.890. The standard InChI is InChI=1S/2C3H8N2.CH4N2O/c2*1-2-5-3-4-1;2-1(3)4/h2*4-5H,1-3H2;(H4,2,3,4). The second-order valence-electron chi connectivity index (χ2n) is 2.76. The van der Waals surface area contributed by atoms with Crippen molar-refractivity contribution in [2.24, 2.45) is 11.5 Å². The first-order valence-electron chi connectivity index (χ1n) is 4.61. The highest BCUT2D eigenvalue weighted by Crippen LogP contribution is 1.62. The molecule has 0 bridgehead atoms. The molecule has 8 N–H and O–H groups in total. The molecule has 2 aliphatic heterocycles. The Balaban J connectivity index is 0.000000183. The summed E-state index contributed by atoms with van der Waals surface area (Å²) in [5.74, 6) is 0. The van der Waals surface area contributed by atoms with Crippen LogP contribution in [0.1, 0.15) is 0 Å². The molecule has 84 valence electrons. The van der Waals surface area contributed by atoms with Crippen LogP contribution in [-0.4, -0.2) is 45.5 Å². The fraction of sp³-hybridized carbons (Fsp3) is 0.857. The molecule has 0 aromatic carbocycles. The summed E-state index contributed by atoms with van der Waals surface area (Å²) in [5.41, 5.74) is 8.50. The second kappa shape index (κ2) is 10.2. The van der Waals surface area contributed by atoms with E-state index >= 15 is 0 Å². The van der Waals surface area contributed by atoms with Crippen molar-refractivity contribution in [3.05, 3.63) is 0 Å². The SMILES string of the molecule is C1CNCN1.C1CNCN1.NC(N)=O. The van der Waals surface area contributed by atoms with E-state index in [2.05, 4.69) is 32.7 Å². The zero-order valence-corrected chi connectivity index (χ0v) is 8.31. The second-order valence-corrected chi connectivity index (χ2v) is 2.76. The van der Waals surface area contributed by atoms with Gasteiger partial charge in [-0.25, -0.2) is 4.79 Å². The lowest BCUT2D eigenvalue weighted by Gasteiger charge is -1.77. The van der Waals surface area contributed by atoms with Crippen molar-refractivity contribution in [2.75, 3.05) is 39.5 Å². The molecule has 0 radical (unpaired) electrons. The van der Waals surface area contributed by atoms with E-state index in [1.165, 1.54) is 0 Å². The van der Waals surface area contributed by atoms with Gasteiger partial charge in [-0.2, -0.15) is 0 Å². The van der Waals surface area contributed by atoms with Gasteiger partial charge in [0.05, 0.1) is 0 Å². The van der Waals surface area contributed by atoms with E-state index in [0.29, 0.717) is 0 Å². The zero-order chi connectivity index (χ0) is 10.6. The third-order valence-electron chi connectivity index (χ3n) is 1.46. The minimum Gasteiger partial charge on any atom is -0.352 e. The van der Waals surface area contributed by atoms with Crippen LogP contribution in [0, 0.1) is 0 Å². The van der Waals surface area contributed by atoms with Crippen LogP contribution in [0.15, 0.2) is 0 Å². The Bertz CT molecular complexity index is 105. The van der Waals surface area contributed by atoms with Crippen molar-refractivity contribution in [1.29, 1.82) is 0 Å². The maximum absolute atomic E-state index is 9.00. The molecule has 7 nitrogen and oxygen atoms in total. The zero-order valence-electron chi connectivity index (χ0n) is 8.31. The molecule has 7 heteroatoms.